The average Bonchev–Trinajstić information content (AvgIpc) is 2.45. The van der Waals surface area contributed by atoms with Gasteiger partial charge in [-0.2, -0.15) is 0 Å². The number of carbonyl (C=O) groups excluding carboxylic acids is 2. The minimum Gasteiger partial charge on any atom is -0.355 e. The number of hydrogen-bond donors (Lipinski definition) is 3. The highest BCUT2D eigenvalue weighted by Gasteiger charge is 2.23. The molecule has 22 heavy (non-hydrogen) atoms. The molecule has 0 spiro atoms. The van der Waals surface area contributed by atoms with E-state index in [1.807, 2.05) is 26.0 Å². The topological polar surface area (TPSA) is 70.2 Å². The zero-order chi connectivity index (χ0) is 16.1. The number of carbonyl (C=O) groups is 2. The maximum absolute atomic E-state index is 12.0. The van der Waals surface area contributed by atoms with Crippen LogP contribution in [0, 0.1) is 6.92 Å². The molecular formula is C16H22ClN3O2. The molecule has 3 N–H and O–H groups in total. The summed E-state index contributed by atoms with van der Waals surface area (Å²) in [5.41, 5.74) is 1.65. The Kier molecular flexibility index (Phi) is 5.80. The van der Waals surface area contributed by atoms with Gasteiger partial charge < -0.3 is 16.0 Å². The molecule has 120 valence electrons. The first-order valence-electron chi connectivity index (χ1n) is 7.55. The van der Waals surface area contributed by atoms with Crippen molar-refractivity contribution in [3.63, 3.8) is 0 Å². The van der Waals surface area contributed by atoms with Gasteiger partial charge in [0.2, 0.25) is 11.8 Å². The molecule has 0 saturated carbocycles. The number of nitrogens with one attached hydrogen (secondary N) is 3. The van der Waals surface area contributed by atoms with Crippen LogP contribution in [0.5, 0.6) is 0 Å². The average molecular weight is 324 g/mol. The normalized spacial score (nSPS) is 19.4. The SMILES string of the molecule is Cc1ccc(NC(=O)C[C@@H](C)N[C@H]2CCCNC2=O)cc1Cl. The Hall–Kier alpha value is -1.59. The summed E-state index contributed by atoms with van der Waals surface area (Å²) in [5.74, 6) is -0.0834. The molecule has 1 heterocycles. The Bertz CT molecular complexity index is 562. The van der Waals surface area contributed by atoms with Gasteiger partial charge in [-0.3, -0.25) is 9.59 Å². The molecule has 0 radical (unpaired) electrons. The third-order valence-electron chi connectivity index (χ3n) is 3.72. The fourth-order valence-electron chi connectivity index (χ4n) is 2.49. The molecule has 2 rings (SSSR count). The van der Waals surface area contributed by atoms with E-state index in [1.54, 1.807) is 6.07 Å². The molecule has 1 aromatic carbocycles. The number of anilines is 1. The summed E-state index contributed by atoms with van der Waals surface area (Å²) in [6.45, 7) is 4.55. The van der Waals surface area contributed by atoms with Crippen molar-refractivity contribution in [2.45, 2.75) is 45.2 Å². The number of hydrogen-bond acceptors (Lipinski definition) is 3. The summed E-state index contributed by atoms with van der Waals surface area (Å²) in [6.07, 6.45) is 2.07. The summed E-state index contributed by atoms with van der Waals surface area (Å²) in [6, 6.07) is 5.15. The van der Waals surface area contributed by atoms with Gasteiger partial charge >= 0.3 is 0 Å². The zero-order valence-electron chi connectivity index (χ0n) is 12.9. The monoisotopic (exact) mass is 323 g/mol. The largest absolute Gasteiger partial charge is 0.355 e. The zero-order valence-corrected chi connectivity index (χ0v) is 13.7. The Morgan fingerprint density at radius 2 is 2.27 bits per heavy atom. The second-order valence-corrected chi connectivity index (χ2v) is 6.18. The Labute approximate surface area is 135 Å². The van der Waals surface area contributed by atoms with Gasteiger partial charge in [-0.15, -0.1) is 0 Å². The number of benzene rings is 1. The van der Waals surface area contributed by atoms with Crippen LogP contribution < -0.4 is 16.0 Å². The Morgan fingerprint density at radius 1 is 1.50 bits per heavy atom. The van der Waals surface area contributed by atoms with Crippen LogP contribution in [0.3, 0.4) is 0 Å². The van der Waals surface area contributed by atoms with Gasteiger partial charge in [-0.05, 0) is 44.4 Å². The maximum atomic E-state index is 12.0. The van der Waals surface area contributed by atoms with E-state index in [9.17, 15) is 9.59 Å². The van der Waals surface area contributed by atoms with Crippen molar-refractivity contribution >= 4 is 29.1 Å². The van der Waals surface area contributed by atoms with Crippen LogP contribution in [-0.4, -0.2) is 30.4 Å². The lowest BCUT2D eigenvalue weighted by atomic mass is 10.0. The van der Waals surface area contributed by atoms with Crippen molar-refractivity contribution in [1.29, 1.82) is 0 Å². The molecule has 5 nitrogen and oxygen atoms in total. The van der Waals surface area contributed by atoms with Gasteiger partial charge in [-0.25, -0.2) is 0 Å². The van der Waals surface area contributed by atoms with E-state index in [1.165, 1.54) is 0 Å². The predicted molar refractivity (Wildman–Crippen MR) is 88.1 cm³/mol. The summed E-state index contributed by atoms with van der Waals surface area (Å²) < 4.78 is 0. The minimum atomic E-state index is -0.203. The molecule has 1 aliphatic heterocycles. The van der Waals surface area contributed by atoms with Crippen LogP contribution in [0.1, 0.15) is 31.7 Å². The second-order valence-electron chi connectivity index (χ2n) is 5.77. The van der Waals surface area contributed by atoms with Crippen molar-refractivity contribution in [3.05, 3.63) is 28.8 Å². The molecule has 0 unspecified atom stereocenters. The molecule has 1 aromatic rings. The lowest BCUT2D eigenvalue weighted by Gasteiger charge is -2.26. The molecule has 2 atom stereocenters. The van der Waals surface area contributed by atoms with E-state index < -0.39 is 0 Å². The molecule has 0 aromatic heterocycles. The van der Waals surface area contributed by atoms with Crippen molar-refractivity contribution in [3.8, 4) is 0 Å². The predicted octanol–water partition coefficient (Wildman–Crippen LogP) is 2.23. The fourth-order valence-corrected chi connectivity index (χ4v) is 2.67. The molecule has 1 saturated heterocycles. The van der Waals surface area contributed by atoms with E-state index in [-0.39, 0.29) is 23.9 Å². The van der Waals surface area contributed by atoms with Crippen LogP contribution in [-0.2, 0) is 9.59 Å². The Morgan fingerprint density at radius 3 is 2.95 bits per heavy atom. The highest BCUT2D eigenvalue weighted by molar-refractivity contribution is 6.31. The molecule has 1 aliphatic rings. The smallest absolute Gasteiger partial charge is 0.237 e. The number of rotatable bonds is 5. The van der Waals surface area contributed by atoms with Crippen LogP contribution in [0.15, 0.2) is 18.2 Å². The standard InChI is InChI=1S/C16H22ClN3O2/c1-10-5-6-12(9-13(10)17)20-15(21)8-11(2)19-14-4-3-7-18-16(14)22/h5-6,9,11,14,19H,3-4,7-8H2,1-2H3,(H,18,22)(H,20,21)/t11-,14+/m1/s1. The van der Waals surface area contributed by atoms with Crippen LogP contribution in [0.25, 0.3) is 0 Å². The number of piperidine rings is 1. The van der Waals surface area contributed by atoms with Gasteiger partial charge in [0, 0.05) is 29.7 Å². The third-order valence-corrected chi connectivity index (χ3v) is 4.13. The molecule has 0 bridgehead atoms. The van der Waals surface area contributed by atoms with E-state index in [0.29, 0.717) is 17.1 Å². The molecule has 1 fully saturated rings. The van der Waals surface area contributed by atoms with E-state index in [4.69, 9.17) is 11.6 Å². The number of amides is 2. The van der Waals surface area contributed by atoms with Crippen molar-refractivity contribution < 1.29 is 9.59 Å². The molecule has 0 aliphatic carbocycles. The highest BCUT2D eigenvalue weighted by Crippen LogP contribution is 2.20. The lowest BCUT2D eigenvalue weighted by Crippen LogP contribution is -2.51. The van der Waals surface area contributed by atoms with Crippen molar-refractivity contribution in [1.82, 2.24) is 10.6 Å². The quantitative estimate of drug-likeness (QED) is 0.778. The molecule has 2 amide bonds. The van der Waals surface area contributed by atoms with E-state index in [2.05, 4.69) is 16.0 Å². The molecule has 6 heteroatoms. The summed E-state index contributed by atoms with van der Waals surface area (Å²) in [5, 5.41) is 9.49. The lowest BCUT2D eigenvalue weighted by molar-refractivity contribution is -0.125. The van der Waals surface area contributed by atoms with Gasteiger partial charge in [0.05, 0.1) is 6.04 Å². The van der Waals surface area contributed by atoms with Crippen LogP contribution in [0.4, 0.5) is 5.69 Å². The Balaban J connectivity index is 1.83. The minimum absolute atomic E-state index is 0.0174. The summed E-state index contributed by atoms with van der Waals surface area (Å²) >= 11 is 6.04. The number of halogens is 1. The van der Waals surface area contributed by atoms with Crippen molar-refractivity contribution in [2.75, 3.05) is 11.9 Å². The van der Waals surface area contributed by atoms with Crippen LogP contribution >= 0.6 is 11.6 Å². The summed E-state index contributed by atoms with van der Waals surface area (Å²) in [4.78, 5) is 23.7. The van der Waals surface area contributed by atoms with Gasteiger partial charge in [-0.1, -0.05) is 17.7 Å². The van der Waals surface area contributed by atoms with E-state index in [0.717, 1.165) is 24.9 Å². The van der Waals surface area contributed by atoms with Gasteiger partial charge in [0.1, 0.15) is 0 Å². The van der Waals surface area contributed by atoms with Crippen molar-refractivity contribution in [2.24, 2.45) is 0 Å². The summed E-state index contributed by atoms with van der Waals surface area (Å²) in [7, 11) is 0. The van der Waals surface area contributed by atoms with Gasteiger partial charge in [0.25, 0.3) is 0 Å². The second kappa shape index (κ2) is 7.61. The fraction of sp³-hybridized carbons (Fsp3) is 0.500. The maximum Gasteiger partial charge on any atom is 0.237 e. The number of aryl methyl sites for hydroxylation is 1. The third kappa shape index (κ3) is 4.71. The van der Waals surface area contributed by atoms with E-state index >= 15 is 0 Å². The first kappa shape index (κ1) is 16.8. The molecular weight excluding hydrogens is 302 g/mol. The highest BCUT2D eigenvalue weighted by atomic mass is 35.5. The first-order chi connectivity index (χ1) is 10.5. The first-order valence-corrected chi connectivity index (χ1v) is 7.93. The van der Waals surface area contributed by atoms with Crippen LogP contribution in [0.2, 0.25) is 5.02 Å². The van der Waals surface area contributed by atoms with Gasteiger partial charge in [0.15, 0.2) is 0 Å².